The molecule has 4 heteroatoms. The lowest BCUT2D eigenvalue weighted by Gasteiger charge is -2.30. The second-order valence-corrected chi connectivity index (χ2v) is 10.5. The lowest BCUT2D eigenvalue weighted by Crippen LogP contribution is -2.68. The van der Waals surface area contributed by atoms with Gasteiger partial charge in [-0.05, 0) is 34.8 Å². The summed E-state index contributed by atoms with van der Waals surface area (Å²) in [5.41, 5.74) is 0. The van der Waals surface area contributed by atoms with Crippen LogP contribution in [0.4, 0.5) is 0 Å². The van der Waals surface area contributed by atoms with Gasteiger partial charge in [-0.15, -0.1) is 5.16 Å². The van der Waals surface area contributed by atoms with Crippen LogP contribution in [0.5, 0.6) is 0 Å². The highest BCUT2D eigenvalue weighted by molar-refractivity contribution is 7.07. The second-order valence-electron chi connectivity index (χ2n) is 7.27. The standard InChI is InChI=1S/C26H28N2OSi/c27-22-14-3-1-2-4-15-23-28-29-30(24-16-8-5-9-17-24,25-18-10-6-11-19-25)26-20-12-7-13-21-26/h5-13,16-21,23H,1-4,14-15H2. The van der Waals surface area contributed by atoms with E-state index in [-0.39, 0.29) is 0 Å². The van der Waals surface area contributed by atoms with Crippen LogP contribution in [-0.2, 0) is 4.53 Å². The zero-order valence-corrected chi connectivity index (χ0v) is 18.3. The highest BCUT2D eigenvalue weighted by atomic mass is 28.4. The van der Waals surface area contributed by atoms with Crippen LogP contribution in [0.1, 0.15) is 38.5 Å². The van der Waals surface area contributed by atoms with E-state index < -0.39 is 8.32 Å². The highest BCUT2D eigenvalue weighted by Gasteiger charge is 2.44. The van der Waals surface area contributed by atoms with Gasteiger partial charge < -0.3 is 4.53 Å². The van der Waals surface area contributed by atoms with Gasteiger partial charge >= 0.3 is 8.32 Å². The van der Waals surface area contributed by atoms with Crippen molar-refractivity contribution in [3.63, 3.8) is 0 Å². The Balaban J connectivity index is 1.85. The average molecular weight is 413 g/mol. The molecule has 0 heterocycles. The molecular formula is C26H28N2OSi. The molecule has 3 aromatic carbocycles. The number of rotatable bonds is 11. The van der Waals surface area contributed by atoms with Crippen molar-refractivity contribution in [2.75, 3.05) is 0 Å². The summed E-state index contributed by atoms with van der Waals surface area (Å²) in [5, 5.41) is 16.6. The van der Waals surface area contributed by atoms with Crippen molar-refractivity contribution in [1.82, 2.24) is 0 Å². The van der Waals surface area contributed by atoms with Crippen molar-refractivity contribution < 1.29 is 4.53 Å². The number of nitriles is 1. The Bertz CT molecular complexity index is 840. The zero-order chi connectivity index (χ0) is 20.9. The number of oxime groups is 1. The minimum atomic E-state index is -2.74. The minimum absolute atomic E-state index is 0.649. The molecule has 0 aromatic heterocycles. The summed E-state index contributed by atoms with van der Waals surface area (Å²) in [7, 11) is -2.74. The van der Waals surface area contributed by atoms with Crippen LogP contribution in [-0.4, -0.2) is 14.5 Å². The van der Waals surface area contributed by atoms with Crippen LogP contribution in [0.3, 0.4) is 0 Å². The molecule has 0 radical (unpaired) electrons. The largest absolute Gasteiger partial charge is 0.438 e. The van der Waals surface area contributed by atoms with E-state index >= 15 is 0 Å². The number of unbranched alkanes of at least 4 members (excludes halogenated alkanes) is 5. The molecule has 3 rings (SSSR count). The van der Waals surface area contributed by atoms with Crippen LogP contribution < -0.4 is 15.6 Å². The van der Waals surface area contributed by atoms with Crippen molar-refractivity contribution in [2.24, 2.45) is 5.16 Å². The Hall–Kier alpha value is -3.16. The van der Waals surface area contributed by atoms with E-state index in [1.165, 1.54) is 15.6 Å². The van der Waals surface area contributed by atoms with Gasteiger partial charge in [-0.25, -0.2) is 0 Å². The van der Waals surface area contributed by atoms with Gasteiger partial charge in [0.1, 0.15) is 0 Å². The van der Waals surface area contributed by atoms with Crippen molar-refractivity contribution in [2.45, 2.75) is 38.5 Å². The molecule has 0 unspecified atom stereocenters. The van der Waals surface area contributed by atoms with Crippen LogP contribution in [0.2, 0.25) is 0 Å². The molecule has 0 bridgehead atoms. The third kappa shape index (κ3) is 5.46. The van der Waals surface area contributed by atoms with E-state index in [0.717, 1.165) is 32.1 Å². The van der Waals surface area contributed by atoms with Gasteiger partial charge in [-0.2, -0.15) is 5.26 Å². The smallest absolute Gasteiger partial charge is 0.380 e. The van der Waals surface area contributed by atoms with Gasteiger partial charge in [0.15, 0.2) is 0 Å². The Kier molecular flexibility index (Phi) is 8.43. The Morgan fingerprint density at radius 3 is 1.63 bits per heavy atom. The predicted octanol–water partition coefficient (Wildman–Crippen LogP) is 4.52. The summed E-state index contributed by atoms with van der Waals surface area (Å²) >= 11 is 0. The Labute approximate surface area is 180 Å². The lowest BCUT2D eigenvalue weighted by molar-refractivity contribution is 0.350. The summed E-state index contributed by atoms with van der Waals surface area (Å²) in [4.78, 5) is 0. The molecule has 30 heavy (non-hydrogen) atoms. The topological polar surface area (TPSA) is 45.4 Å². The summed E-state index contributed by atoms with van der Waals surface area (Å²) in [5.74, 6) is 0. The van der Waals surface area contributed by atoms with E-state index in [1.807, 2.05) is 24.4 Å². The molecule has 0 saturated carbocycles. The fourth-order valence-corrected chi connectivity index (χ4v) is 7.17. The van der Waals surface area contributed by atoms with E-state index in [1.54, 1.807) is 0 Å². The molecule has 3 aromatic rings. The maximum atomic E-state index is 8.61. The predicted molar refractivity (Wildman–Crippen MR) is 127 cm³/mol. The summed E-state index contributed by atoms with van der Waals surface area (Å²) < 4.78 is 6.50. The molecule has 0 atom stereocenters. The molecule has 0 spiro atoms. The van der Waals surface area contributed by atoms with E-state index in [0.29, 0.717) is 6.42 Å². The monoisotopic (exact) mass is 412 g/mol. The van der Waals surface area contributed by atoms with E-state index in [2.05, 4.69) is 84.0 Å². The quantitative estimate of drug-likeness (QED) is 0.153. The average Bonchev–Trinajstić information content (AvgIpc) is 2.82. The molecule has 3 nitrogen and oxygen atoms in total. The van der Waals surface area contributed by atoms with Crippen molar-refractivity contribution in [3.8, 4) is 6.07 Å². The molecule has 0 fully saturated rings. The van der Waals surface area contributed by atoms with Crippen molar-refractivity contribution in [3.05, 3.63) is 91.0 Å². The fraction of sp³-hybridized carbons (Fsp3) is 0.231. The number of nitrogens with zero attached hydrogens (tertiary/aromatic N) is 2. The fourth-order valence-electron chi connectivity index (χ4n) is 3.64. The molecule has 0 amide bonds. The van der Waals surface area contributed by atoms with Gasteiger partial charge in [0, 0.05) is 12.6 Å². The lowest BCUT2D eigenvalue weighted by atomic mass is 10.1. The first kappa shape index (κ1) is 21.5. The molecule has 0 aliphatic heterocycles. The third-order valence-electron chi connectivity index (χ3n) is 5.18. The Morgan fingerprint density at radius 2 is 1.17 bits per heavy atom. The molecule has 0 saturated heterocycles. The van der Waals surface area contributed by atoms with Gasteiger partial charge in [0.2, 0.25) is 0 Å². The summed E-state index contributed by atoms with van der Waals surface area (Å²) in [6.07, 6.45) is 7.70. The van der Waals surface area contributed by atoms with E-state index in [4.69, 9.17) is 9.79 Å². The van der Waals surface area contributed by atoms with Gasteiger partial charge in [-0.1, -0.05) is 104 Å². The summed E-state index contributed by atoms with van der Waals surface area (Å²) in [6, 6.07) is 33.6. The first-order chi connectivity index (χ1) is 14.9. The Morgan fingerprint density at radius 1 is 0.700 bits per heavy atom. The van der Waals surface area contributed by atoms with Gasteiger partial charge in [0.05, 0.1) is 6.07 Å². The molecular weight excluding hydrogens is 384 g/mol. The van der Waals surface area contributed by atoms with Crippen LogP contribution in [0.15, 0.2) is 96.2 Å². The van der Waals surface area contributed by atoms with Crippen LogP contribution in [0.25, 0.3) is 0 Å². The maximum absolute atomic E-state index is 8.61. The molecule has 0 N–H and O–H groups in total. The number of hydrogen-bond donors (Lipinski definition) is 0. The van der Waals surface area contributed by atoms with Crippen molar-refractivity contribution >= 4 is 30.1 Å². The van der Waals surface area contributed by atoms with Crippen molar-refractivity contribution in [1.29, 1.82) is 5.26 Å². The number of hydrogen-bond acceptors (Lipinski definition) is 3. The minimum Gasteiger partial charge on any atom is -0.438 e. The van der Waals surface area contributed by atoms with Gasteiger partial charge in [0.25, 0.3) is 0 Å². The second kappa shape index (κ2) is 11.7. The highest BCUT2D eigenvalue weighted by Crippen LogP contribution is 2.10. The third-order valence-corrected chi connectivity index (χ3v) is 9.00. The molecule has 0 aliphatic rings. The maximum Gasteiger partial charge on any atom is 0.380 e. The number of benzene rings is 3. The molecule has 0 aliphatic carbocycles. The van der Waals surface area contributed by atoms with Gasteiger partial charge in [-0.3, -0.25) is 0 Å². The van der Waals surface area contributed by atoms with Crippen LogP contribution >= 0.6 is 0 Å². The first-order valence-electron chi connectivity index (χ1n) is 10.6. The molecule has 152 valence electrons. The zero-order valence-electron chi connectivity index (χ0n) is 17.3. The summed E-state index contributed by atoms with van der Waals surface area (Å²) in [6.45, 7) is 0. The normalized spacial score (nSPS) is 11.3. The SMILES string of the molecule is N#CCCCCCCC=NO[Si](c1ccccc1)(c1ccccc1)c1ccccc1. The first-order valence-corrected chi connectivity index (χ1v) is 12.5. The van der Waals surface area contributed by atoms with Crippen LogP contribution in [0, 0.1) is 11.3 Å². The van der Waals surface area contributed by atoms with E-state index in [9.17, 15) is 0 Å².